The molecule has 0 aliphatic carbocycles. The van der Waals surface area contributed by atoms with Crippen LogP contribution in [-0.4, -0.2) is 38.7 Å². The van der Waals surface area contributed by atoms with Gasteiger partial charge in [0.15, 0.2) is 4.96 Å². The predicted octanol–water partition coefficient (Wildman–Crippen LogP) is 1.85. The van der Waals surface area contributed by atoms with Crippen LogP contribution in [-0.2, 0) is 15.3 Å². The molecule has 0 saturated carbocycles. The van der Waals surface area contributed by atoms with E-state index in [1.165, 1.54) is 33.6 Å². The first kappa shape index (κ1) is 19.5. The van der Waals surface area contributed by atoms with Gasteiger partial charge in [0.05, 0.1) is 17.4 Å². The number of carbonyl (C=O) groups excluding carboxylic acids is 1. The molecule has 0 aliphatic rings. The molecule has 0 saturated heterocycles. The number of rotatable bonds is 9. The molecule has 136 valence electrons. The average Bonchev–Trinajstić information content (AvgIpc) is 3.00. The van der Waals surface area contributed by atoms with Crippen molar-refractivity contribution in [1.29, 1.82) is 0 Å². The fourth-order valence-corrected chi connectivity index (χ4v) is 3.82. The van der Waals surface area contributed by atoms with Crippen molar-refractivity contribution in [3.05, 3.63) is 33.7 Å². The lowest BCUT2D eigenvalue weighted by molar-refractivity contribution is -0.142. The van der Waals surface area contributed by atoms with Crippen LogP contribution in [0.15, 0.2) is 22.4 Å². The second-order valence-corrected chi connectivity index (χ2v) is 7.96. The molecule has 2 N–H and O–H groups in total. The van der Waals surface area contributed by atoms with Crippen molar-refractivity contribution in [3.63, 3.8) is 0 Å². The molecule has 1 unspecified atom stereocenters. The van der Waals surface area contributed by atoms with Gasteiger partial charge in [-0.15, -0.1) is 23.1 Å². The first-order valence-electron chi connectivity index (χ1n) is 7.90. The molecule has 1 atom stereocenters. The van der Waals surface area contributed by atoms with Crippen LogP contribution in [0.2, 0.25) is 0 Å². The minimum atomic E-state index is -0.893. The van der Waals surface area contributed by atoms with Gasteiger partial charge in [0.1, 0.15) is 0 Å². The van der Waals surface area contributed by atoms with Gasteiger partial charge in [-0.25, -0.2) is 4.98 Å². The lowest BCUT2D eigenvalue weighted by Crippen LogP contribution is -2.34. The number of nitrogens with one attached hydrogen (secondary N) is 1. The van der Waals surface area contributed by atoms with Gasteiger partial charge in [0.2, 0.25) is 5.91 Å². The van der Waals surface area contributed by atoms with Crippen molar-refractivity contribution < 1.29 is 14.7 Å². The van der Waals surface area contributed by atoms with Gasteiger partial charge in [-0.2, -0.15) is 0 Å². The van der Waals surface area contributed by atoms with Crippen LogP contribution < -0.4 is 10.9 Å². The summed E-state index contributed by atoms with van der Waals surface area (Å²) in [6, 6.07) is 1.47. The molecule has 2 aromatic rings. The predicted molar refractivity (Wildman–Crippen MR) is 99.1 cm³/mol. The van der Waals surface area contributed by atoms with Crippen molar-refractivity contribution in [2.45, 2.75) is 26.0 Å². The molecule has 1 amide bonds. The topological polar surface area (TPSA) is 101 Å². The van der Waals surface area contributed by atoms with Gasteiger partial charge < -0.3 is 10.4 Å². The van der Waals surface area contributed by atoms with Crippen LogP contribution >= 0.6 is 23.1 Å². The number of aliphatic carboxylic acids is 1. The average molecular weight is 383 g/mol. The summed E-state index contributed by atoms with van der Waals surface area (Å²) < 4.78 is 1.48. The molecule has 0 fully saturated rings. The van der Waals surface area contributed by atoms with Gasteiger partial charge in [0, 0.05) is 29.9 Å². The van der Waals surface area contributed by atoms with Gasteiger partial charge in [-0.1, -0.05) is 13.8 Å². The van der Waals surface area contributed by atoms with Crippen LogP contribution in [0.3, 0.4) is 0 Å². The second-order valence-electron chi connectivity index (χ2n) is 6.10. The van der Waals surface area contributed by atoms with E-state index in [0.717, 1.165) is 0 Å². The largest absolute Gasteiger partial charge is 0.481 e. The van der Waals surface area contributed by atoms with E-state index in [-0.39, 0.29) is 29.7 Å². The molecule has 0 aromatic carbocycles. The number of carboxylic acids is 1. The zero-order valence-corrected chi connectivity index (χ0v) is 15.7. The van der Waals surface area contributed by atoms with E-state index in [2.05, 4.69) is 10.3 Å². The number of thiazole rings is 1. The Bertz CT molecular complexity index is 800. The zero-order valence-electron chi connectivity index (χ0n) is 14.1. The van der Waals surface area contributed by atoms with E-state index in [4.69, 9.17) is 5.11 Å². The maximum Gasteiger partial charge on any atom is 0.308 e. The third kappa shape index (κ3) is 5.86. The van der Waals surface area contributed by atoms with Crippen LogP contribution in [0.5, 0.6) is 0 Å². The Labute approximate surface area is 153 Å². The Morgan fingerprint density at radius 3 is 2.88 bits per heavy atom. The highest BCUT2D eigenvalue weighted by molar-refractivity contribution is 7.99. The fraction of sp³-hybridized carbons (Fsp3) is 0.500. The number of aromatic nitrogens is 2. The number of carbonyl (C=O) groups is 2. The smallest absolute Gasteiger partial charge is 0.308 e. The summed E-state index contributed by atoms with van der Waals surface area (Å²) in [6.07, 6.45) is 2.20. The van der Waals surface area contributed by atoms with Crippen molar-refractivity contribution in [2.24, 2.45) is 11.8 Å². The first-order chi connectivity index (χ1) is 11.9. The Balaban J connectivity index is 1.79. The summed E-state index contributed by atoms with van der Waals surface area (Å²) in [5.74, 6) is -0.781. The van der Waals surface area contributed by atoms with E-state index in [9.17, 15) is 14.4 Å². The Morgan fingerprint density at radius 1 is 1.44 bits per heavy atom. The number of nitrogens with zero attached hydrogens (tertiary/aromatic N) is 2. The normalized spacial score (nSPS) is 12.4. The number of hydrogen-bond donors (Lipinski definition) is 2. The maximum atomic E-state index is 11.9. The Kier molecular flexibility index (Phi) is 7.01. The molecule has 9 heteroatoms. The number of fused-ring (bicyclic) bond motifs is 1. The van der Waals surface area contributed by atoms with Gasteiger partial charge in [-0.05, 0) is 12.3 Å². The van der Waals surface area contributed by atoms with E-state index < -0.39 is 11.9 Å². The zero-order chi connectivity index (χ0) is 18.4. The van der Waals surface area contributed by atoms with Crippen molar-refractivity contribution in [2.75, 3.05) is 12.3 Å². The summed E-state index contributed by atoms with van der Waals surface area (Å²) in [5, 5.41) is 13.6. The fourth-order valence-electron chi connectivity index (χ4n) is 2.34. The monoisotopic (exact) mass is 383 g/mol. The highest BCUT2D eigenvalue weighted by atomic mass is 32.2. The van der Waals surface area contributed by atoms with Gasteiger partial charge >= 0.3 is 5.97 Å². The third-order valence-electron chi connectivity index (χ3n) is 3.49. The molecule has 0 radical (unpaired) electrons. The molecule has 0 bridgehead atoms. The van der Waals surface area contributed by atoms with Gasteiger partial charge in [-0.3, -0.25) is 18.8 Å². The number of carboxylic acid groups (broad SMARTS) is 1. The lowest BCUT2D eigenvalue weighted by atomic mass is 9.97. The number of thioether (sulfide) groups is 1. The minimum absolute atomic E-state index is 0.133. The molecule has 25 heavy (non-hydrogen) atoms. The molecule has 7 nitrogen and oxygen atoms in total. The third-order valence-corrected chi connectivity index (χ3v) is 5.21. The molecular formula is C16H21N3O4S2. The number of amides is 1. The summed E-state index contributed by atoms with van der Waals surface area (Å²) in [6.45, 7) is 4.04. The van der Waals surface area contributed by atoms with E-state index >= 15 is 0 Å². The van der Waals surface area contributed by atoms with Crippen LogP contribution in [0.25, 0.3) is 4.96 Å². The highest BCUT2D eigenvalue weighted by Crippen LogP contribution is 2.13. The maximum absolute atomic E-state index is 11.9. The first-order valence-corrected chi connectivity index (χ1v) is 9.93. The lowest BCUT2D eigenvalue weighted by Gasteiger charge is -2.15. The SMILES string of the molecule is CC(C)CC(CNC(=O)CSCc1cc(=O)n2ccsc2n1)C(=O)O. The summed E-state index contributed by atoms with van der Waals surface area (Å²) in [4.78, 5) is 39.9. The molecule has 2 aromatic heterocycles. The number of hydrogen-bond acceptors (Lipinski definition) is 6. The molecular weight excluding hydrogens is 362 g/mol. The van der Waals surface area contributed by atoms with Crippen molar-refractivity contribution >= 4 is 39.9 Å². The minimum Gasteiger partial charge on any atom is -0.481 e. The molecule has 2 rings (SSSR count). The van der Waals surface area contributed by atoms with Gasteiger partial charge in [0.25, 0.3) is 5.56 Å². The standard InChI is InChI=1S/C16H21N3O4S2/c1-10(2)5-11(15(22)23)7-17-13(20)9-24-8-12-6-14(21)19-3-4-25-16(19)18-12/h3-4,6,10-11H,5,7-9H2,1-2H3,(H,17,20)(H,22,23). The quantitative estimate of drug-likeness (QED) is 0.685. The van der Waals surface area contributed by atoms with Crippen molar-refractivity contribution in [3.8, 4) is 0 Å². The van der Waals surface area contributed by atoms with Crippen LogP contribution in [0.4, 0.5) is 0 Å². The second kappa shape index (κ2) is 9.00. The van der Waals surface area contributed by atoms with Crippen LogP contribution in [0, 0.1) is 11.8 Å². The van der Waals surface area contributed by atoms with Crippen LogP contribution in [0.1, 0.15) is 26.0 Å². The summed E-state index contributed by atoms with van der Waals surface area (Å²) in [7, 11) is 0. The van der Waals surface area contributed by atoms with Crippen molar-refractivity contribution in [1.82, 2.24) is 14.7 Å². The Morgan fingerprint density at radius 2 is 2.20 bits per heavy atom. The summed E-state index contributed by atoms with van der Waals surface area (Å²) in [5.41, 5.74) is 0.498. The molecule has 2 heterocycles. The van der Waals surface area contributed by atoms with E-state index in [1.807, 2.05) is 13.8 Å². The summed E-state index contributed by atoms with van der Waals surface area (Å²) >= 11 is 2.72. The molecule has 0 spiro atoms. The highest BCUT2D eigenvalue weighted by Gasteiger charge is 2.19. The molecule has 0 aliphatic heterocycles. The van der Waals surface area contributed by atoms with E-state index in [0.29, 0.717) is 22.8 Å². The Hall–Kier alpha value is -1.87. The van der Waals surface area contributed by atoms with E-state index in [1.54, 1.807) is 11.6 Å².